The number of nitrogens with two attached hydrogens (primary N) is 7. The third-order valence-corrected chi connectivity index (χ3v) is 22.2. The number of unbranched alkanes of at least 4 members (excludes halogenated alkanes) is 3. The molecular weight excluding hydrogens is 1830 g/mol. The van der Waals surface area contributed by atoms with Gasteiger partial charge in [-0.15, -0.1) is 0 Å². The minimum absolute atomic E-state index is 0.0317. The number of carbonyl (C=O) groups is 18. The molecule has 768 valence electrons. The number of benzene rings is 2. The van der Waals surface area contributed by atoms with Crippen molar-refractivity contribution in [3.63, 3.8) is 0 Å². The lowest BCUT2D eigenvalue weighted by atomic mass is 10.0. The number of nitrogens with one attached hydrogen (secondary N) is 19. The Kier molecular flexibility index (Phi) is 58.1. The van der Waals surface area contributed by atoms with Crippen LogP contribution in [0.25, 0.3) is 0 Å². The molecule has 0 spiro atoms. The number of hydrogen-bond acceptors (Lipinski definition) is 30. The van der Waals surface area contributed by atoms with Crippen molar-refractivity contribution in [1.29, 1.82) is 10.8 Å². The molecule has 0 radical (unpaired) electrons. The summed E-state index contributed by atoms with van der Waals surface area (Å²) in [5.74, 6) is -20.7. The lowest BCUT2D eigenvalue weighted by molar-refractivity contribution is -0.142. The summed E-state index contributed by atoms with van der Waals surface area (Å²) in [5, 5.41) is 119. The number of carbonyl (C=O) groups excluding carboxylic acids is 16. The van der Waals surface area contributed by atoms with Gasteiger partial charge in [0, 0.05) is 32.4 Å². The summed E-state index contributed by atoms with van der Waals surface area (Å²) < 4.78 is 0. The van der Waals surface area contributed by atoms with Gasteiger partial charge in [-0.05, 0) is 208 Å². The maximum atomic E-state index is 14.8. The smallest absolute Gasteiger partial charge is 0.325 e. The van der Waals surface area contributed by atoms with Gasteiger partial charge in [0.25, 0.3) is 0 Å². The van der Waals surface area contributed by atoms with E-state index in [-0.39, 0.29) is 146 Å². The van der Waals surface area contributed by atoms with E-state index < -0.39 is 253 Å². The number of thioether (sulfide) groups is 2. The Balaban J connectivity index is 2.58. The first-order chi connectivity index (χ1) is 64.8. The van der Waals surface area contributed by atoms with Gasteiger partial charge in [0.1, 0.15) is 96.1 Å². The Labute approximate surface area is 802 Å². The second-order valence-electron chi connectivity index (χ2n) is 33.0. The molecule has 16 atom stereocenters. The predicted octanol–water partition coefficient (Wildman–Crippen LogP) is -8.20. The highest BCUT2D eigenvalue weighted by molar-refractivity contribution is 7.98. The van der Waals surface area contributed by atoms with E-state index in [0.717, 1.165) is 6.92 Å². The van der Waals surface area contributed by atoms with Crippen LogP contribution in [0.1, 0.15) is 161 Å². The van der Waals surface area contributed by atoms with Crippen molar-refractivity contribution in [2.24, 2.45) is 46.1 Å². The summed E-state index contributed by atoms with van der Waals surface area (Å²) in [4.78, 5) is 250. The highest BCUT2D eigenvalue weighted by atomic mass is 32.2. The van der Waals surface area contributed by atoms with Crippen LogP contribution in [-0.2, 0) is 99.1 Å². The van der Waals surface area contributed by atoms with Gasteiger partial charge in [-0.25, -0.2) is 0 Å². The molecule has 0 aliphatic heterocycles. The molecule has 39 N–H and O–H groups in total. The normalized spacial score (nSPS) is 14.6. The van der Waals surface area contributed by atoms with Gasteiger partial charge in [-0.3, -0.25) is 97.1 Å². The number of phenols is 2. The Hall–Kier alpha value is -12.5. The van der Waals surface area contributed by atoms with Crippen LogP contribution in [-0.4, -0.2) is 316 Å². The molecule has 0 fully saturated rings. The second-order valence-corrected chi connectivity index (χ2v) is 34.9. The van der Waals surface area contributed by atoms with Crippen molar-refractivity contribution in [3.8, 4) is 11.5 Å². The molecule has 0 unspecified atom stereocenters. The van der Waals surface area contributed by atoms with Gasteiger partial charge < -0.3 is 161 Å². The topological polar surface area (TPSA) is 863 Å². The summed E-state index contributed by atoms with van der Waals surface area (Å²) in [7, 11) is 0. The zero-order chi connectivity index (χ0) is 103. The fourth-order valence-corrected chi connectivity index (χ4v) is 14.3. The number of guanidine groups is 2. The Morgan fingerprint density at radius 1 is 0.380 bits per heavy atom. The average molecular weight is 1980 g/mol. The largest absolute Gasteiger partial charge is 0.508 e. The van der Waals surface area contributed by atoms with Crippen molar-refractivity contribution in [1.82, 2.24) is 90.4 Å². The minimum atomic E-state index is -2.11. The van der Waals surface area contributed by atoms with Crippen LogP contribution in [0.4, 0.5) is 0 Å². The fourth-order valence-electron chi connectivity index (χ4n) is 13.3. The van der Waals surface area contributed by atoms with E-state index in [2.05, 4.69) is 90.4 Å². The van der Waals surface area contributed by atoms with Crippen molar-refractivity contribution >= 4 is 142 Å². The zero-order valence-corrected chi connectivity index (χ0v) is 79.7. The maximum Gasteiger partial charge on any atom is 0.325 e. The third-order valence-electron chi connectivity index (χ3n) is 20.9. The number of carboxylic acids is 2. The Bertz CT molecular complexity index is 4280. The summed E-state index contributed by atoms with van der Waals surface area (Å²) >= 11 is 2.62. The van der Waals surface area contributed by atoms with E-state index >= 15 is 0 Å². The van der Waals surface area contributed by atoms with Gasteiger partial charge in [-0.2, -0.15) is 23.5 Å². The molecule has 16 amide bonds. The number of aromatic hydroxyl groups is 2. The molecule has 0 saturated heterocycles. The summed E-state index contributed by atoms with van der Waals surface area (Å²) in [6, 6.07) is -13.3. The van der Waals surface area contributed by atoms with Gasteiger partial charge >= 0.3 is 11.9 Å². The van der Waals surface area contributed by atoms with Crippen LogP contribution >= 0.6 is 23.5 Å². The molecule has 0 aliphatic rings. The molecule has 137 heavy (non-hydrogen) atoms. The van der Waals surface area contributed by atoms with Crippen molar-refractivity contribution in [2.75, 3.05) is 69.9 Å². The molecule has 2 aromatic rings. The molecule has 0 bridgehead atoms. The quantitative estimate of drug-likeness (QED) is 0.0166. The monoisotopic (exact) mass is 1980 g/mol. The molecule has 52 heteroatoms. The number of amides is 16. The molecule has 2 aromatic carbocycles. The number of aliphatic carboxylic acids is 2. The Morgan fingerprint density at radius 2 is 0.708 bits per heavy atom. The van der Waals surface area contributed by atoms with Crippen LogP contribution in [0.5, 0.6) is 11.5 Å². The molecule has 2 rings (SSSR count). The highest BCUT2D eigenvalue weighted by Gasteiger charge is 2.40. The minimum Gasteiger partial charge on any atom is -0.508 e. The number of primary amides is 1. The predicted molar refractivity (Wildman–Crippen MR) is 507 cm³/mol. The molecular formula is C85H142N26O24S2. The average Bonchev–Trinajstić information content (AvgIpc) is 0.841. The summed E-state index contributed by atoms with van der Waals surface area (Å²) in [6.45, 7) is 4.08. The van der Waals surface area contributed by atoms with Crippen LogP contribution in [0.3, 0.4) is 0 Å². The second kappa shape index (κ2) is 66.1. The SMILES string of the molecule is CSCC[C@H](NC(=O)[C@H](CO)NC(=O)[C@H](CCCNC(=N)N)NC(=O)[C@H](CC(C)C)NC(=O)[C@H](CCCCN)NC(=O)[C@H](CCCCN)NC(=O)[C@H](CCC(N)=O)NC(=O)[C@H](Cc1ccc(O)cc1)NC(=O)CNC(=O)[C@@H](N)CCSC)C(=O)N[C@H](C(=O)N[C@@H](CC(=O)O)C(=O)N[C@@H](CCCCN)C(=O)N[C@@H](Cc1ccc(O)cc1)C(=O)N[C@@H](CCCNC(=N)N)C(=O)N[C@@H](C)C(=O)O)[C@@H](C)O. The van der Waals surface area contributed by atoms with Gasteiger partial charge in [0.2, 0.25) is 94.5 Å². The van der Waals surface area contributed by atoms with E-state index in [1.807, 2.05) is 6.26 Å². The molecule has 0 heterocycles. The highest BCUT2D eigenvalue weighted by Crippen LogP contribution is 2.18. The fraction of sp³-hybridized carbons (Fsp3) is 0.624. The summed E-state index contributed by atoms with van der Waals surface area (Å²) in [5.41, 5.74) is 40.7. The van der Waals surface area contributed by atoms with Gasteiger partial charge in [-0.1, -0.05) is 38.1 Å². The van der Waals surface area contributed by atoms with Crippen LogP contribution < -0.4 is 131 Å². The first-order valence-electron chi connectivity index (χ1n) is 44.9. The number of hydrogen-bond donors (Lipinski definition) is 32. The van der Waals surface area contributed by atoms with Crippen molar-refractivity contribution in [2.45, 2.75) is 259 Å². The first kappa shape index (κ1) is 121. The van der Waals surface area contributed by atoms with Crippen LogP contribution in [0.2, 0.25) is 0 Å². The number of rotatable bonds is 70. The van der Waals surface area contributed by atoms with E-state index in [4.69, 9.17) is 51.0 Å². The lowest BCUT2D eigenvalue weighted by Crippen LogP contribution is -2.62. The van der Waals surface area contributed by atoms with Gasteiger partial charge in [0.05, 0.1) is 31.7 Å². The molecule has 50 nitrogen and oxygen atoms in total. The zero-order valence-electron chi connectivity index (χ0n) is 78.0. The van der Waals surface area contributed by atoms with Crippen molar-refractivity contribution < 1.29 is 117 Å². The third kappa shape index (κ3) is 49.2. The maximum absolute atomic E-state index is 14.8. The standard InChI is InChI=1S/C85H142N26O24S2/c1-45(2)39-60(107-72(123)54(16-8-11-33-87)100-71(122)53(15-7-10-32-86)101-75(126)58(28-29-65(90)116)105-78(129)61(40-48-20-24-50(114)25-21-48)99-66(117)43-97-69(120)52(89)30-37-136-5)77(128)104-57(19-14-36-96-85(93)94)74(125)110-64(44-112)81(132)106-59(31-38-137-6)76(127)111-68(47(4)113)82(133)109-63(42-67(118)119)80(131)102-55(17-9-12-34-88)73(124)108-62(41-49-22-26-51(115)27-23-49)79(130)103-56(18-13-35-95-84(91)92)70(121)98-46(3)83(134)135/h20-27,45-47,52-64,68,112-115H,7-19,28-44,86-89H2,1-6H3,(H2,90,116)(H,97,120)(H,98,121)(H,99,117)(H,100,122)(H,101,126)(H,102,131)(H,103,130)(H,104,128)(H,105,129)(H,106,132)(H,107,123)(H,108,124)(H,109,133)(H,110,125)(H,111,127)(H,118,119)(H,134,135)(H4,91,92,95)(H4,93,94,96)/t46-,47+,52-,53-,54-,55-,56-,57-,58-,59-,60-,61-,62-,63-,64-,68-/m0/s1. The van der Waals surface area contributed by atoms with E-state index in [0.29, 0.717) is 36.1 Å². The number of phenolic OH excluding ortho intramolecular Hbond substituents is 2. The summed E-state index contributed by atoms with van der Waals surface area (Å²) in [6.07, 6.45) is -0.765. The molecule has 0 aliphatic carbocycles. The van der Waals surface area contributed by atoms with Crippen molar-refractivity contribution in [3.05, 3.63) is 59.7 Å². The van der Waals surface area contributed by atoms with Gasteiger partial charge in [0.15, 0.2) is 11.9 Å². The first-order valence-corrected chi connectivity index (χ1v) is 47.7. The Morgan fingerprint density at radius 3 is 1.08 bits per heavy atom. The van der Waals surface area contributed by atoms with E-state index in [1.165, 1.54) is 79.0 Å². The van der Waals surface area contributed by atoms with Crippen LogP contribution in [0.15, 0.2) is 48.5 Å². The number of carboxylic acid groups (broad SMARTS) is 2. The lowest BCUT2D eigenvalue weighted by Gasteiger charge is -2.29. The van der Waals surface area contributed by atoms with E-state index in [1.54, 1.807) is 20.1 Å². The molecule has 0 saturated carbocycles. The number of aliphatic hydroxyl groups excluding tert-OH is 2. The van der Waals surface area contributed by atoms with E-state index in [9.17, 15) is 117 Å². The number of aliphatic hydroxyl groups is 2. The molecule has 0 aromatic heterocycles. The van der Waals surface area contributed by atoms with Crippen LogP contribution in [0, 0.1) is 16.7 Å².